The fraction of sp³-hybridized carbons (Fsp3) is 0.143. The number of aromatic hydroxyl groups is 1. The lowest BCUT2D eigenvalue weighted by Crippen LogP contribution is -2.25. The number of hydrogen-bond acceptors (Lipinski definition) is 4. The summed E-state index contributed by atoms with van der Waals surface area (Å²) in [5.74, 6) is -0.900. The van der Waals surface area contributed by atoms with Crippen LogP contribution in [0.4, 0.5) is 5.69 Å². The van der Waals surface area contributed by atoms with E-state index in [0.29, 0.717) is 17.1 Å². The molecule has 0 saturated carbocycles. The van der Waals surface area contributed by atoms with Gasteiger partial charge in [0.05, 0.1) is 18.5 Å². The second kappa shape index (κ2) is 6.77. The van der Waals surface area contributed by atoms with Gasteiger partial charge in [0.2, 0.25) is 5.91 Å². The maximum absolute atomic E-state index is 12.3. The van der Waals surface area contributed by atoms with Gasteiger partial charge < -0.3 is 24.8 Å². The molecule has 0 aliphatic carbocycles. The quantitative estimate of drug-likeness (QED) is 0.646. The van der Waals surface area contributed by atoms with Gasteiger partial charge in [0.1, 0.15) is 17.1 Å². The molecule has 7 nitrogen and oxygen atoms in total. The standard InChI is InChI=1S/C21H18N2O5/c1-28-15-8-4-13(5-9-15)23-11-17(21(26)27)19-20(23)16(10-18(25)22-19)12-2-6-14(24)7-3-12/h2-9,11,16,24H,10H2,1H3,(H,22,25)(H,26,27). The number of amides is 1. The van der Waals surface area contributed by atoms with E-state index >= 15 is 0 Å². The molecular weight excluding hydrogens is 360 g/mol. The van der Waals surface area contributed by atoms with Crippen LogP contribution in [-0.4, -0.2) is 33.8 Å². The van der Waals surface area contributed by atoms with Gasteiger partial charge in [-0.25, -0.2) is 4.79 Å². The molecule has 142 valence electrons. The summed E-state index contributed by atoms with van der Waals surface area (Å²) in [6, 6.07) is 13.8. The number of phenolic OH excluding ortho intramolecular Hbond substituents is 1. The molecule has 1 unspecified atom stereocenters. The number of nitrogens with one attached hydrogen (secondary N) is 1. The molecule has 0 spiro atoms. The van der Waals surface area contributed by atoms with Crippen molar-refractivity contribution in [1.29, 1.82) is 0 Å². The zero-order valence-electron chi connectivity index (χ0n) is 15.0. The average molecular weight is 378 g/mol. The number of anilines is 1. The monoisotopic (exact) mass is 378 g/mol. The van der Waals surface area contributed by atoms with Crippen LogP contribution in [0.1, 0.15) is 34.0 Å². The lowest BCUT2D eigenvalue weighted by atomic mass is 9.88. The number of phenols is 1. The smallest absolute Gasteiger partial charge is 0.339 e. The summed E-state index contributed by atoms with van der Waals surface area (Å²) in [4.78, 5) is 24.1. The van der Waals surface area contributed by atoms with Crippen LogP contribution in [0.5, 0.6) is 11.5 Å². The van der Waals surface area contributed by atoms with Gasteiger partial charge in [-0.05, 0) is 42.0 Å². The van der Waals surface area contributed by atoms with E-state index in [-0.39, 0.29) is 29.6 Å². The Bertz CT molecular complexity index is 1050. The first-order valence-corrected chi connectivity index (χ1v) is 8.69. The van der Waals surface area contributed by atoms with E-state index in [0.717, 1.165) is 11.3 Å². The number of ether oxygens (including phenoxy) is 1. The molecule has 7 heteroatoms. The number of hydrogen-bond donors (Lipinski definition) is 3. The molecule has 0 bridgehead atoms. The number of fused-ring (bicyclic) bond motifs is 1. The number of aromatic carboxylic acids is 1. The molecule has 0 saturated heterocycles. The van der Waals surface area contributed by atoms with Gasteiger partial charge in [-0.3, -0.25) is 4.79 Å². The van der Waals surface area contributed by atoms with Crippen LogP contribution in [0, 0.1) is 0 Å². The van der Waals surface area contributed by atoms with E-state index in [1.165, 1.54) is 6.20 Å². The Labute approximate surface area is 160 Å². The van der Waals surface area contributed by atoms with Crippen LogP contribution in [0.15, 0.2) is 54.7 Å². The summed E-state index contributed by atoms with van der Waals surface area (Å²) in [7, 11) is 1.57. The van der Waals surface area contributed by atoms with E-state index in [1.807, 2.05) is 12.1 Å². The van der Waals surface area contributed by atoms with E-state index in [1.54, 1.807) is 48.1 Å². The fourth-order valence-corrected chi connectivity index (χ4v) is 3.57. The second-order valence-corrected chi connectivity index (χ2v) is 6.57. The Hall–Kier alpha value is -3.74. The molecule has 0 radical (unpaired) electrons. The van der Waals surface area contributed by atoms with Crippen molar-refractivity contribution in [3.05, 3.63) is 71.5 Å². The first-order valence-electron chi connectivity index (χ1n) is 8.69. The summed E-state index contributed by atoms with van der Waals surface area (Å²) in [6.45, 7) is 0. The summed E-state index contributed by atoms with van der Waals surface area (Å²) < 4.78 is 6.98. The van der Waals surface area contributed by atoms with E-state index in [2.05, 4.69) is 5.32 Å². The molecule has 2 aromatic carbocycles. The molecule has 1 aliphatic rings. The van der Waals surface area contributed by atoms with Gasteiger partial charge in [-0.1, -0.05) is 12.1 Å². The number of carbonyl (C=O) groups is 2. The van der Waals surface area contributed by atoms with Crippen LogP contribution in [0.3, 0.4) is 0 Å². The average Bonchev–Trinajstić information content (AvgIpc) is 3.07. The molecule has 3 N–H and O–H groups in total. The number of nitrogens with zero attached hydrogens (tertiary/aromatic N) is 1. The molecule has 1 aromatic heterocycles. The normalized spacial score (nSPS) is 15.6. The fourth-order valence-electron chi connectivity index (χ4n) is 3.57. The highest BCUT2D eigenvalue weighted by Gasteiger charge is 2.34. The summed E-state index contributed by atoms with van der Waals surface area (Å²) in [6.07, 6.45) is 1.70. The zero-order chi connectivity index (χ0) is 19.8. The summed E-state index contributed by atoms with van der Waals surface area (Å²) in [5, 5.41) is 22.0. The molecular formula is C21H18N2O5. The van der Waals surface area contributed by atoms with Crippen molar-refractivity contribution < 1.29 is 24.5 Å². The first-order chi connectivity index (χ1) is 13.5. The number of carboxylic acids is 1. The maximum atomic E-state index is 12.3. The second-order valence-electron chi connectivity index (χ2n) is 6.57. The van der Waals surface area contributed by atoms with Gasteiger partial charge in [-0.2, -0.15) is 0 Å². The number of benzene rings is 2. The number of aromatic nitrogens is 1. The van der Waals surface area contributed by atoms with Crippen LogP contribution < -0.4 is 10.1 Å². The van der Waals surface area contributed by atoms with Crippen LogP contribution in [0.2, 0.25) is 0 Å². The van der Waals surface area contributed by atoms with Crippen molar-refractivity contribution in [3.8, 4) is 17.2 Å². The molecule has 4 rings (SSSR count). The predicted octanol–water partition coefficient (Wildman–Crippen LogP) is 3.36. The SMILES string of the molecule is COc1ccc(-n2cc(C(=O)O)c3c2C(c2ccc(O)cc2)CC(=O)N3)cc1. The van der Waals surface area contributed by atoms with Crippen molar-refractivity contribution in [2.24, 2.45) is 0 Å². The van der Waals surface area contributed by atoms with Crippen molar-refractivity contribution in [1.82, 2.24) is 4.57 Å². The molecule has 3 aromatic rings. The minimum Gasteiger partial charge on any atom is -0.508 e. The highest BCUT2D eigenvalue weighted by molar-refractivity contribution is 6.04. The first kappa shape index (κ1) is 17.7. The molecule has 1 atom stereocenters. The number of methoxy groups -OCH3 is 1. The van der Waals surface area contributed by atoms with Gasteiger partial charge in [0.15, 0.2) is 0 Å². The van der Waals surface area contributed by atoms with Crippen molar-refractivity contribution >= 4 is 17.6 Å². The van der Waals surface area contributed by atoms with E-state index < -0.39 is 5.97 Å². The van der Waals surface area contributed by atoms with Crippen LogP contribution in [0.25, 0.3) is 5.69 Å². The molecule has 0 fully saturated rings. The van der Waals surface area contributed by atoms with Crippen molar-refractivity contribution in [2.45, 2.75) is 12.3 Å². The minimum absolute atomic E-state index is 0.0302. The Morgan fingerprint density at radius 1 is 1.14 bits per heavy atom. The summed E-state index contributed by atoms with van der Waals surface area (Å²) >= 11 is 0. The number of carbonyl (C=O) groups excluding carboxylic acids is 1. The molecule has 1 aliphatic heterocycles. The molecule has 28 heavy (non-hydrogen) atoms. The minimum atomic E-state index is -1.12. The molecule has 2 heterocycles. The number of rotatable bonds is 4. The van der Waals surface area contributed by atoms with E-state index in [4.69, 9.17) is 4.74 Å². The topological polar surface area (TPSA) is 101 Å². The lowest BCUT2D eigenvalue weighted by molar-refractivity contribution is -0.116. The van der Waals surface area contributed by atoms with Gasteiger partial charge in [0, 0.05) is 24.2 Å². The highest BCUT2D eigenvalue weighted by atomic mass is 16.5. The van der Waals surface area contributed by atoms with Crippen LogP contribution in [-0.2, 0) is 4.79 Å². The van der Waals surface area contributed by atoms with E-state index in [9.17, 15) is 19.8 Å². The maximum Gasteiger partial charge on any atom is 0.339 e. The number of carboxylic acid groups (broad SMARTS) is 1. The highest BCUT2D eigenvalue weighted by Crippen LogP contribution is 2.42. The third kappa shape index (κ3) is 2.96. The van der Waals surface area contributed by atoms with Gasteiger partial charge in [-0.15, -0.1) is 0 Å². The largest absolute Gasteiger partial charge is 0.508 e. The predicted molar refractivity (Wildman–Crippen MR) is 102 cm³/mol. The third-order valence-electron chi connectivity index (χ3n) is 4.90. The summed E-state index contributed by atoms with van der Waals surface area (Å²) in [5.41, 5.74) is 2.59. The van der Waals surface area contributed by atoms with Crippen molar-refractivity contribution in [2.75, 3.05) is 12.4 Å². The molecule has 1 amide bonds. The van der Waals surface area contributed by atoms with Gasteiger partial charge in [0.25, 0.3) is 0 Å². The Morgan fingerprint density at radius 3 is 2.43 bits per heavy atom. The Kier molecular flexibility index (Phi) is 4.27. The van der Waals surface area contributed by atoms with Crippen LogP contribution >= 0.6 is 0 Å². The van der Waals surface area contributed by atoms with Gasteiger partial charge >= 0.3 is 5.97 Å². The van der Waals surface area contributed by atoms with Crippen molar-refractivity contribution in [3.63, 3.8) is 0 Å². The third-order valence-corrected chi connectivity index (χ3v) is 4.90. The Morgan fingerprint density at radius 2 is 1.82 bits per heavy atom. The zero-order valence-corrected chi connectivity index (χ0v) is 15.0. The lowest BCUT2D eigenvalue weighted by Gasteiger charge is -2.26. The Balaban J connectivity index is 1.92.